The fraction of sp³-hybridized carbons (Fsp3) is 0.160. The number of carbonyl (C=O) groups excluding carboxylic acids is 1. The molecule has 1 saturated carbocycles. The number of amides is 1. The molecule has 148 valence electrons. The molecule has 30 heavy (non-hydrogen) atoms. The van der Waals surface area contributed by atoms with Crippen molar-refractivity contribution in [2.24, 2.45) is 0 Å². The summed E-state index contributed by atoms with van der Waals surface area (Å²) in [7, 11) is 0. The molecule has 2 N–H and O–H groups in total. The van der Waals surface area contributed by atoms with Gasteiger partial charge in [0.15, 0.2) is 0 Å². The van der Waals surface area contributed by atoms with Gasteiger partial charge in [0.25, 0.3) is 5.91 Å². The minimum atomic E-state index is -0.0278. The lowest BCUT2D eigenvalue weighted by atomic mass is 10.1. The van der Waals surface area contributed by atoms with Crippen LogP contribution in [0.25, 0.3) is 22.0 Å². The van der Waals surface area contributed by atoms with Crippen molar-refractivity contribution in [3.05, 3.63) is 90.3 Å². The molecule has 2 aromatic heterocycles. The molecule has 2 aromatic carbocycles. The quantitative estimate of drug-likeness (QED) is 0.493. The topological polar surface area (TPSA) is 66.9 Å². The Hall–Kier alpha value is -3.73. The molecular weight excluding hydrogens is 372 g/mol. The van der Waals surface area contributed by atoms with E-state index in [2.05, 4.69) is 39.9 Å². The molecule has 4 aromatic rings. The summed E-state index contributed by atoms with van der Waals surface area (Å²) in [5.41, 5.74) is 4.85. The zero-order valence-corrected chi connectivity index (χ0v) is 16.5. The summed E-state index contributed by atoms with van der Waals surface area (Å²) in [6.45, 7) is 0.627. The number of nitrogens with one attached hydrogen (secondary N) is 2. The summed E-state index contributed by atoms with van der Waals surface area (Å²) in [4.78, 5) is 21.6. The number of anilines is 1. The third-order valence-corrected chi connectivity index (χ3v) is 5.30. The van der Waals surface area contributed by atoms with Crippen molar-refractivity contribution in [1.82, 2.24) is 15.3 Å². The standard InChI is InChI=1S/C25H22N4O/c30-25(28-20-11-12-20)22-14-24(29-23-6-2-1-5-21(22)23)27-15-17-7-9-18(10-8-17)19-4-3-13-26-16-19/h1-10,13-14,16,20H,11-12,15H2,(H,27,29)(H,28,30). The second-order valence-corrected chi connectivity index (χ2v) is 7.61. The highest BCUT2D eigenvalue weighted by molar-refractivity contribution is 6.07. The Morgan fingerprint density at radius 3 is 2.57 bits per heavy atom. The minimum Gasteiger partial charge on any atom is -0.366 e. The summed E-state index contributed by atoms with van der Waals surface area (Å²) >= 11 is 0. The summed E-state index contributed by atoms with van der Waals surface area (Å²) < 4.78 is 0. The Balaban J connectivity index is 1.35. The van der Waals surface area contributed by atoms with E-state index in [0.717, 1.165) is 40.4 Å². The van der Waals surface area contributed by atoms with Crippen LogP contribution >= 0.6 is 0 Å². The van der Waals surface area contributed by atoms with Crippen LogP contribution in [0, 0.1) is 0 Å². The van der Waals surface area contributed by atoms with Crippen molar-refractivity contribution < 1.29 is 4.79 Å². The molecule has 5 nitrogen and oxygen atoms in total. The average Bonchev–Trinajstić information content (AvgIpc) is 3.62. The van der Waals surface area contributed by atoms with E-state index < -0.39 is 0 Å². The number of aromatic nitrogens is 2. The Kier molecular flexibility index (Phi) is 4.85. The first kappa shape index (κ1) is 18.3. The van der Waals surface area contributed by atoms with E-state index in [1.165, 1.54) is 0 Å². The predicted molar refractivity (Wildman–Crippen MR) is 119 cm³/mol. The maximum absolute atomic E-state index is 12.7. The first-order valence-electron chi connectivity index (χ1n) is 10.2. The Labute approximate surface area is 175 Å². The summed E-state index contributed by atoms with van der Waals surface area (Å²) in [5.74, 6) is 0.672. The first-order valence-corrected chi connectivity index (χ1v) is 10.2. The van der Waals surface area contributed by atoms with Gasteiger partial charge >= 0.3 is 0 Å². The van der Waals surface area contributed by atoms with Crippen molar-refractivity contribution in [3.8, 4) is 11.1 Å². The van der Waals surface area contributed by atoms with Crippen LogP contribution in [-0.4, -0.2) is 21.9 Å². The highest BCUT2D eigenvalue weighted by Crippen LogP contribution is 2.24. The SMILES string of the molecule is O=C(NC1CC1)c1cc(NCc2ccc(-c3cccnc3)cc2)nc2ccccc12. The van der Waals surface area contributed by atoms with Crippen molar-refractivity contribution in [1.29, 1.82) is 0 Å². The van der Waals surface area contributed by atoms with E-state index in [4.69, 9.17) is 4.98 Å². The van der Waals surface area contributed by atoms with E-state index in [9.17, 15) is 4.79 Å². The molecular formula is C25H22N4O. The van der Waals surface area contributed by atoms with Crippen LogP contribution in [0.3, 0.4) is 0 Å². The third-order valence-electron chi connectivity index (χ3n) is 5.30. The third kappa shape index (κ3) is 4.01. The Morgan fingerprint density at radius 2 is 1.80 bits per heavy atom. The highest BCUT2D eigenvalue weighted by Gasteiger charge is 2.25. The van der Waals surface area contributed by atoms with Crippen LogP contribution in [0.2, 0.25) is 0 Å². The van der Waals surface area contributed by atoms with Crippen molar-refractivity contribution in [2.45, 2.75) is 25.4 Å². The maximum atomic E-state index is 12.7. The van der Waals surface area contributed by atoms with Gasteiger partial charge in [0, 0.05) is 30.4 Å². The lowest BCUT2D eigenvalue weighted by molar-refractivity contribution is 0.0952. The Morgan fingerprint density at radius 1 is 0.967 bits per heavy atom. The molecule has 1 aliphatic carbocycles. The van der Waals surface area contributed by atoms with E-state index >= 15 is 0 Å². The number of nitrogens with zero attached hydrogens (tertiary/aromatic N) is 2. The minimum absolute atomic E-state index is 0.0278. The number of rotatable bonds is 6. The van der Waals surface area contributed by atoms with Gasteiger partial charge in [-0.1, -0.05) is 48.5 Å². The molecule has 5 rings (SSSR count). The van der Waals surface area contributed by atoms with Gasteiger partial charge in [0.1, 0.15) is 5.82 Å². The van der Waals surface area contributed by atoms with Gasteiger partial charge in [0.05, 0.1) is 11.1 Å². The number of fused-ring (bicyclic) bond motifs is 1. The Bertz CT molecular complexity index is 1180. The highest BCUT2D eigenvalue weighted by atomic mass is 16.1. The number of hydrogen-bond acceptors (Lipinski definition) is 4. The van der Waals surface area contributed by atoms with Crippen molar-refractivity contribution >= 4 is 22.6 Å². The van der Waals surface area contributed by atoms with Crippen LogP contribution in [0.1, 0.15) is 28.8 Å². The second-order valence-electron chi connectivity index (χ2n) is 7.61. The number of pyridine rings is 2. The van der Waals surface area contributed by atoms with Crippen LogP contribution in [0.5, 0.6) is 0 Å². The zero-order valence-electron chi connectivity index (χ0n) is 16.5. The van der Waals surface area contributed by atoms with Crippen LogP contribution in [0.4, 0.5) is 5.82 Å². The normalized spacial score (nSPS) is 13.2. The second kappa shape index (κ2) is 7.95. The smallest absolute Gasteiger partial charge is 0.252 e. The zero-order chi connectivity index (χ0) is 20.3. The lowest BCUT2D eigenvalue weighted by Crippen LogP contribution is -2.25. The summed E-state index contributed by atoms with van der Waals surface area (Å²) in [5, 5.41) is 7.34. The molecule has 1 aliphatic rings. The molecule has 2 heterocycles. The van der Waals surface area contributed by atoms with Gasteiger partial charge in [-0.2, -0.15) is 0 Å². The molecule has 0 radical (unpaired) electrons. The average molecular weight is 394 g/mol. The summed E-state index contributed by atoms with van der Waals surface area (Å²) in [6.07, 6.45) is 5.77. The fourth-order valence-electron chi connectivity index (χ4n) is 3.49. The monoisotopic (exact) mass is 394 g/mol. The molecule has 1 amide bonds. The predicted octanol–water partition coefficient (Wildman–Crippen LogP) is 4.80. The van der Waals surface area contributed by atoms with Crippen LogP contribution < -0.4 is 10.6 Å². The van der Waals surface area contributed by atoms with Gasteiger partial charge in [0.2, 0.25) is 0 Å². The van der Waals surface area contributed by atoms with E-state index in [0.29, 0.717) is 24.0 Å². The molecule has 5 heteroatoms. The van der Waals surface area contributed by atoms with Gasteiger partial charge in [-0.05, 0) is 47.7 Å². The molecule has 0 aliphatic heterocycles. The first-order chi connectivity index (χ1) is 14.8. The van der Waals surface area contributed by atoms with Gasteiger partial charge < -0.3 is 10.6 Å². The molecule has 0 bridgehead atoms. The van der Waals surface area contributed by atoms with Crippen molar-refractivity contribution in [3.63, 3.8) is 0 Å². The van der Waals surface area contributed by atoms with Gasteiger partial charge in [-0.15, -0.1) is 0 Å². The van der Waals surface area contributed by atoms with Gasteiger partial charge in [-0.25, -0.2) is 4.98 Å². The fourth-order valence-corrected chi connectivity index (χ4v) is 3.49. The molecule has 0 saturated heterocycles. The molecule has 0 spiro atoms. The van der Waals surface area contributed by atoms with Crippen molar-refractivity contribution in [2.75, 3.05) is 5.32 Å². The maximum Gasteiger partial charge on any atom is 0.252 e. The largest absolute Gasteiger partial charge is 0.366 e. The lowest BCUT2D eigenvalue weighted by Gasteiger charge is -2.12. The van der Waals surface area contributed by atoms with Crippen LogP contribution in [-0.2, 0) is 6.54 Å². The van der Waals surface area contributed by atoms with Crippen LogP contribution in [0.15, 0.2) is 79.1 Å². The number of para-hydroxylation sites is 1. The van der Waals surface area contributed by atoms with E-state index in [1.807, 2.05) is 48.7 Å². The molecule has 1 fully saturated rings. The van der Waals surface area contributed by atoms with E-state index in [1.54, 1.807) is 6.20 Å². The van der Waals surface area contributed by atoms with Gasteiger partial charge in [-0.3, -0.25) is 9.78 Å². The number of hydrogen-bond donors (Lipinski definition) is 2. The van der Waals surface area contributed by atoms with E-state index in [-0.39, 0.29) is 5.91 Å². The summed E-state index contributed by atoms with van der Waals surface area (Å²) in [6, 6.07) is 22.3. The molecule has 0 atom stereocenters. The number of carbonyl (C=O) groups is 1. The number of benzene rings is 2. The molecule has 0 unspecified atom stereocenters.